The number of nitrogens with one attached hydrogen (secondary N) is 2. The largest absolute Gasteiger partial charge is 0.508 e. The number of halogens is 1. The highest BCUT2D eigenvalue weighted by molar-refractivity contribution is 9.10. The average molecular weight is 345 g/mol. The quantitative estimate of drug-likeness (QED) is 0.630. The standard InChI is InChI=1S/C14H21BrN2O3/c1-3-12(11-8-10(15)4-5-13(11)18)17-9-14(19)16-6-7-20-2/h4-5,8,12,17-18H,3,6-7,9H2,1-2H3,(H,16,19). The zero-order valence-electron chi connectivity index (χ0n) is 11.8. The van der Waals surface area contributed by atoms with Crippen molar-refractivity contribution in [3.8, 4) is 5.75 Å². The minimum absolute atomic E-state index is 0.0688. The number of ether oxygens (including phenoxy) is 1. The molecule has 0 bridgehead atoms. The number of rotatable bonds is 8. The van der Waals surface area contributed by atoms with Crippen LogP contribution >= 0.6 is 15.9 Å². The highest BCUT2D eigenvalue weighted by Crippen LogP contribution is 2.29. The smallest absolute Gasteiger partial charge is 0.234 e. The molecule has 0 saturated carbocycles. The maximum absolute atomic E-state index is 11.6. The van der Waals surface area contributed by atoms with E-state index >= 15 is 0 Å². The van der Waals surface area contributed by atoms with E-state index in [0.29, 0.717) is 13.2 Å². The Balaban J connectivity index is 2.55. The lowest BCUT2D eigenvalue weighted by Crippen LogP contribution is -2.37. The van der Waals surface area contributed by atoms with Crippen molar-refractivity contribution in [3.05, 3.63) is 28.2 Å². The fourth-order valence-electron chi connectivity index (χ4n) is 1.85. The molecule has 1 aromatic carbocycles. The predicted octanol–water partition coefficient (Wildman–Crippen LogP) is 1.96. The Morgan fingerprint density at radius 2 is 2.25 bits per heavy atom. The molecule has 5 nitrogen and oxygen atoms in total. The van der Waals surface area contributed by atoms with Crippen LogP contribution in [-0.4, -0.2) is 37.8 Å². The van der Waals surface area contributed by atoms with Crippen molar-refractivity contribution in [2.75, 3.05) is 26.8 Å². The summed E-state index contributed by atoms with van der Waals surface area (Å²) in [7, 11) is 1.59. The average Bonchev–Trinajstić information content (AvgIpc) is 2.43. The van der Waals surface area contributed by atoms with Gasteiger partial charge in [-0.25, -0.2) is 0 Å². The first-order valence-corrected chi connectivity index (χ1v) is 7.35. The minimum Gasteiger partial charge on any atom is -0.508 e. The van der Waals surface area contributed by atoms with Crippen LogP contribution in [0.4, 0.5) is 0 Å². The van der Waals surface area contributed by atoms with Gasteiger partial charge in [-0.15, -0.1) is 0 Å². The molecule has 0 aliphatic rings. The molecular formula is C14H21BrN2O3. The lowest BCUT2D eigenvalue weighted by atomic mass is 10.0. The molecule has 3 N–H and O–H groups in total. The molecule has 0 heterocycles. The summed E-state index contributed by atoms with van der Waals surface area (Å²) in [5.74, 6) is 0.141. The van der Waals surface area contributed by atoms with Crippen LogP contribution in [0.1, 0.15) is 24.9 Å². The van der Waals surface area contributed by atoms with E-state index in [9.17, 15) is 9.90 Å². The van der Waals surface area contributed by atoms with E-state index in [4.69, 9.17) is 4.74 Å². The predicted molar refractivity (Wildman–Crippen MR) is 81.7 cm³/mol. The summed E-state index contributed by atoms with van der Waals surface area (Å²) in [6.45, 7) is 3.19. The third-order valence-corrected chi connectivity index (χ3v) is 3.40. The van der Waals surface area contributed by atoms with Crippen molar-refractivity contribution in [3.63, 3.8) is 0 Å². The lowest BCUT2D eigenvalue weighted by Gasteiger charge is -2.18. The minimum atomic E-state index is -0.0880. The highest BCUT2D eigenvalue weighted by atomic mass is 79.9. The van der Waals surface area contributed by atoms with Crippen LogP contribution < -0.4 is 10.6 Å². The van der Waals surface area contributed by atoms with E-state index < -0.39 is 0 Å². The monoisotopic (exact) mass is 344 g/mol. The van der Waals surface area contributed by atoms with Crippen molar-refractivity contribution < 1.29 is 14.6 Å². The Morgan fingerprint density at radius 1 is 1.50 bits per heavy atom. The van der Waals surface area contributed by atoms with E-state index in [-0.39, 0.29) is 24.2 Å². The number of amides is 1. The fraction of sp³-hybridized carbons (Fsp3) is 0.500. The molecule has 6 heteroatoms. The third-order valence-electron chi connectivity index (χ3n) is 2.91. The van der Waals surface area contributed by atoms with E-state index in [1.54, 1.807) is 19.2 Å². The number of methoxy groups -OCH3 is 1. The highest BCUT2D eigenvalue weighted by Gasteiger charge is 2.14. The first-order valence-electron chi connectivity index (χ1n) is 6.56. The second-order valence-corrected chi connectivity index (χ2v) is 5.30. The van der Waals surface area contributed by atoms with Crippen molar-refractivity contribution in [2.24, 2.45) is 0 Å². The Labute approximate surface area is 127 Å². The summed E-state index contributed by atoms with van der Waals surface area (Å²) >= 11 is 3.38. The van der Waals surface area contributed by atoms with Gasteiger partial charge in [-0.1, -0.05) is 22.9 Å². The molecule has 0 aliphatic carbocycles. The maximum Gasteiger partial charge on any atom is 0.234 e. The van der Waals surface area contributed by atoms with Gasteiger partial charge in [0.2, 0.25) is 5.91 Å². The Bertz CT molecular complexity index is 440. The Morgan fingerprint density at radius 3 is 2.90 bits per heavy atom. The zero-order valence-corrected chi connectivity index (χ0v) is 13.4. The molecule has 20 heavy (non-hydrogen) atoms. The summed E-state index contributed by atoms with van der Waals surface area (Å²) in [6.07, 6.45) is 0.773. The van der Waals surface area contributed by atoms with Gasteiger partial charge >= 0.3 is 0 Å². The number of carbonyl (C=O) groups is 1. The van der Waals surface area contributed by atoms with Crippen LogP contribution in [-0.2, 0) is 9.53 Å². The number of aromatic hydroxyl groups is 1. The number of phenols is 1. The summed E-state index contributed by atoms with van der Waals surface area (Å²) in [4.78, 5) is 11.6. The summed E-state index contributed by atoms with van der Waals surface area (Å²) in [5, 5.41) is 15.8. The maximum atomic E-state index is 11.6. The summed E-state index contributed by atoms with van der Waals surface area (Å²) < 4.78 is 5.76. The molecule has 0 spiro atoms. The first kappa shape index (κ1) is 16.9. The Kier molecular flexibility index (Phi) is 7.58. The summed E-state index contributed by atoms with van der Waals surface area (Å²) in [5.41, 5.74) is 0.784. The third kappa shape index (κ3) is 5.48. The van der Waals surface area contributed by atoms with Gasteiger partial charge in [-0.2, -0.15) is 0 Å². The lowest BCUT2D eigenvalue weighted by molar-refractivity contribution is -0.120. The number of carbonyl (C=O) groups excluding carboxylic acids is 1. The first-order chi connectivity index (χ1) is 9.58. The molecule has 1 unspecified atom stereocenters. The molecule has 1 atom stereocenters. The second-order valence-electron chi connectivity index (χ2n) is 4.39. The molecule has 112 valence electrons. The van der Waals surface area contributed by atoms with Crippen LogP contribution in [0, 0.1) is 0 Å². The van der Waals surface area contributed by atoms with Crippen LogP contribution in [0.3, 0.4) is 0 Å². The molecule has 1 aromatic rings. The number of hydrogen-bond acceptors (Lipinski definition) is 4. The van der Waals surface area contributed by atoms with Crippen LogP contribution in [0.25, 0.3) is 0 Å². The van der Waals surface area contributed by atoms with Crippen molar-refractivity contribution in [1.82, 2.24) is 10.6 Å². The van der Waals surface area contributed by atoms with E-state index in [2.05, 4.69) is 26.6 Å². The normalized spacial score (nSPS) is 12.2. The van der Waals surface area contributed by atoms with Crippen molar-refractivity contribution >= 4 is 21.8 Å². The van der Waals surface area contributed by atoms with E-state index in [1.807, 2.05) is 13.0 Å². The van der Waals surface area contributed by atoms with E-state index in [0.717, 1.165) is 16.5 Å². The van der Waals surface area contributed by atoms with Crippen LogP contribution in [0.5, 0.6) is 5.75 Å². The molecular weight excluding hydrogens is 324 g/mol. The Hall–Kier alpha value is -1.11. The topological polar surface area (TPSA) is 70.6 Å². The van der Waals surface area contributed by atoms with Gasteiger partial charge in [0.05, 0.1) is 13.2 Å². The van der Waals surface area contributed by atoms with Gasteiger partial charge in [0.15, 0.2) is 0 Å². The number of phenolic OH excluding ortho intramolecular Hbond substituents is 1. The number of hydrogen-bond donors (Lipinski definition) is 3. The van der Waals surface area contributed by atoms with Crippen molar-refractivity contribution in [2.45, 2.75) is 19.4 Å². The van der Waals surface area contributed by atoms with Gasteiger partial charge in [-0.05, 0) is 24.6 Å². The van der Waals surface area contributed by atoms with E-state index in [1.165, 1.54) is 0 Å². The van der Waals surface area contributed by atoms with Crippen LogP contribution in [0.15, 0.2) is 22.7 Å². The van der Waals surface area contributed by atoms with Crippen molar-refractivity contribution in [1.29, 1.82) is 0 Å². The van der Waals surface area contributed by atoms with Gasteiger partial charge in [0.25, 0.3) is 0 Å². The summed E-state index contributed by atoms with van der Waals surface area (Å²) in [6, 6.07) is 5.21. The second kappa shape index (κ2) is 8.94. The molecule has 1 rings (SSSR count). The SMILES string of the molecule is CCC(NCC(=O)NCCOC)c1cc(Br)ccc1O. The molecule has 0 fully saturated rings. The molecule has 1 amide bonds. The van der Waals surface area contributed by atoms with Gasteiger partial charge in [0.1, 0.15) is 5.75 Å². The molecule has 0 aliphatic heterocycles. The zero-order chi connectivity index (χ0) is 15.0. The molecule has 0 radical (unpaired) electrons. The van der Waals surface area contributed by atoms with Gasteiger partial charge < -0.3 is 20.5 Å². The number of benzene rings is 1. The van der Waals surface area contributed by atoms with Crippen LogP contribution in [0.2, 0.25) is 0 Å². The fourth-order valence-corrected chi connectivity index (χ4v) is 2.23. The van der Waals surface area contributed by atoms with Gasteiger partial charge in [-0.3, -0.25) is 4.79 Å². The van der Waals surface area contributed by atoms with Gasteiger partial charge in [0, 0.05) is 29.7 Å². The molecule has 0 saturated heterocycles. The molecule has 0 aromatic heterocycles.